The maximum Gasteiger partial charge on any atom is 0.322 e. The van der Waals surface area contributed by atoms with Gasteiger partial charge in [-0.3, -0.25) is 0 Å². The highest BCUT2D eigenvalue weighted by Crippen LogP contribution is 2.09. The second-order valence-corrected chi connectivity index (χ2v) is 2.68. The molecular weight excluding hydrogens is 206 g/mol. The first-order chi connectivity index (χ1) is 6.79. The highest BCUT2D eigenvalue weighted by Gasteiger charge is 2.06. The van der Waals surface area contributed by atoms with Gasteiger partial charge in [0.2, 0.25) is 5.28 Å². The highest BCUT2D eigenvalue weighted by atomic mass is 35.5. The Kier molecular flexibility index (Phi) is 2.28. The molecule has 0 saturated carbocycles. The van der Waals surface area contributed by atoms with Gasteiger partial charge in [-0.1, -0.05) is 0 Å². The number of ether oxygens (including phenoxy) is 1. The second kappa shape index (κ2) is 3.59. The van der Waals surface area contributed by atoms with Gasteiger partial charge in [0, 0.05) is 12.4 Å². The molecule has 0 aliphatic rings. The van der Waals surface area contributed by atoms with Gasteiger partial charge in [0.1, 0.15) is 0 Å². The molecule has 0 amide bonds. The van der Waals surface area contributed by atoms with Crippen LogP contribution < -0.4 is 4.74 Å². The summed E-state index contributed by atoms with van der Waals surface area (Å²) in [5.74, 6) is 0.326. The molecule has 0 N–H and O–H groups in total. The summed E-state index contributed by atoms with van der Waals surface area (Å²) >= 11 is 5.66. The van der Waals surface area contributed by atoms with Crippen LogP contribution in [0.2, 0.25) is 5.28 Å². The third-order valence-corrected chi connectivity index (χ3v) is 1.64. The van der Waals surface area contributed by atoms with Crippen molar-refractivity contribution in [3.05, 3.63) is 23.7 Å². The average Bonchev–Trinajstić information content (AvgIpc) is 2.69. The number of aromatic nitrogens is 5. The van der Waals surface area contributed by atoms with E-state index in [4.69, 9.17) is 16.3 Å². The SMILES string of the molecule is COc1nc(Cl)nc(-n2cccn2)n1. The summed E-state index contributed by atoms with van der Waals surface area (Å²) in [4.78, 5) is 11.6. The van der Waals surface area contributed by atoms with Gasteiger partial charge < -0.3 is 4.74 Å². The summed E-state index contributed by atoms with van der Waals surface area (Å²) in [6.45, 7) is 0. The summed E-state index contributed by atoms with van der Waals surface area (Å²) in [7, 11) is 1.46. The Balaban J connectivity index is 2.48. The number of hydrogen-bond acceptors (Lipinski definition) is 5. The van der Waals surface area contributed by atoms with Crippen molar-refractivity contribution in [1.82, 2.24) is 24.7 Å². The fourth-order valence-corrected chi connectivity index (χ4v) is 1.05. The van der Waals surface area contributed by atoms with Crippen LogP contribution in [0, 0.1) is 0 Å². The Morgan fingerprint density at radius 1 is 1.36 bits per heavy atom. The Morgan fingerprint density at radius 3 is 2.86 bits per heavy atom. The van der Waals surface area contributed by atoms with Crippen LogP contribution in [0.1, 0.15) is 0 Å². The van der Waals surface area contributed by atoms with Crippen LogP contribution in [0.3, 0.4) is 0 Å². The van der Waals surface area contributed by atoms with Gasteiger partial charge in [0.25, 0.3) is 5.95 Å². The smallest absolute Gasteiger partial charge is 0.322 e. The van der Waals surface area contributed by atoms with Crippen LogP contribution in [-0.2, 0) is 0 Å². The quantitative estimate of drug-likeness (QED) is 0.732. The molecule has 0 aliphatic heterocycles. The van der Waals surface area contributed by atoms with Crippen molar-refractivity contribution in [3.8, 4) is 12.0 Å². The zero-order valence-corrected chi connectivity index (χ0v) is 8.01. The van der Waals surface area contributed by atoms with Crippen molar-refractivity contribution in [2.45, 2.75) is 0 Å². The molecule has 72 valence electrons. The third kappa shape index (κ3) is 1.64. The van der Waals surface area contributed by atoms with E-state index in [-0.39, 0.29) is 11.3 Å². The van der Waals surface area contributed by atoms with E-state index < -0.39 is 0 Å². The van der Waals surface area contributed by atoms with Crippen molar-refractivity contribution < 1.29 is 4.74 Å². The molecule has 2 heterocycles. The van der Waals surface area contributed by atoms with Gasteiger partial charge in [-0.05, 0) is 17.7 Å². The van der Waals surface area contributed by atoms with Crippen LogP contribution in [0.15, 0.2) is 18.5 Å². The lowest BCUT2D eigenvalue weighted by Crippen LogP contribution is -2.05. The molecular formula is C7H6ClN5O. The van der Waals surface area contributed by atoms with E-state index in [9.17, 15) is 0 Å². The minimum Gasteiger partial charge on any atom is -0.467 e. The van der Waals surface area contributed by atoms with Gasteiger partial charge in [-0.15, -0.1) is 0 Å². The molecule has 2 rings (SSSR count). The first-order valence-corrected chi connectivity index (χ1v) is 4.13. The third-order valence-electron chi connectivity index (χ3n) is 1.47. The van der Waals surface area contributed by atoms with Crippen molar-refractivity contribution in [2.24, 2.45) is 0 Å². The summed E-state index contributed by atoms with van der Waals surface area (Å²) in [6.07, 6.45) is 3.31. The van der Waals surface area contributed by atoms with Crippen molar-refractivity contribution in [2.75, 3.05) is 7.11 Å². The van der Waals surface area contributed by atoms with Crippen LogP contribution in [-0.4, -0.2) is 31.8 Å². The second-order valence-electron chi connectivity index (χ2n) is 2.34. The molecule has 0 unspecified atom stereocenters. The zero-order valence-electron chi connectivity index (χ0n) is 7.25. The lowest BCUT2D eigenvalue weighted by Gasteiger charge is -2.01. The molecule has 0 bridgehead atoms. The average molecular weight is 212 g/mol. The summed E-state index contributed by atoms with van der Waals surface area (Å²) in [5, 5.41) is 4.02. The van der Waals surface area contributed by atoms with Gasteiger partial charge in [-0.2, -0.15) is 20.1 Å². The first kappa shape index (κ1) is 8.89. The number of rotatable bonds is 2. The van der Waals surface area contributed by atoms with Crippen molar-refractivity contribution in [3.63, 3.8) is 0 Å². The predicted octanol–water partition coefficient (Wildman–Crippen LogP) is 0.719. The molecule has 0 aliphatic carbocycles. The van der Waals surface area contributed by atoms with Gasteiger partial charge in [0.05, 0.1) is 7.11 Å². The van der Waals surface area contributed by atoms with Gasteiger partial charge >= 0.3 is 6.01 Å². The molecule has 0 aromatic carbocycles. The monoisotopic (exact) mass is 211 g/mol. The standard InChI is InChI=1S/C7H6ClN5O/c1-14-7-11-5(8)10-6(12-7)13-4-2-3-9-13/h2-4H,1H3. The zero-order chi connectivity index (χ0) is 9.97. The Bertz CT molecular complexity index is 430. The largest absolute Gasteiger partial charge is 0.467 e. The number of halogens is 1. The van der Waals surface area contributed by atoms with Crippen molar-refractivity contribution >= 4 is 11.6 Å². The summed E-state index contributed by atoms with van der Waals surface area (Å²) in [5.41, 5.74) is 0. The van der Waals surface area contributed by atoms with E-state index in [2.05, 4.69) is 20.1 Å². The van der Waals surface area contributed by atoms with E-state index >= 15 is 0 Å². The fraction of sp³-hybridized carbons (Fsp3) is 0.143. The fourth-order valence-electron chi connectivity index (χ4n) is 0.903. The minimum absolute atomic E-state index is 0.0716. The molecule has 7 heteroatoms. The molecule has 6 nitrogen and oxygen atoms in total. The molecule has 2 aromatic heterocycles. The van der Waals surface area contributed by atoms with E-state index in [0.717, 1.165) is 0 Å². The Morgan fingerprint density at radius 2 is 2.21 bits per heavy atom. The molecule has 0 saturated heterocycles. The predicted molar refractivity (Wildman–Crippen MR) is 48.5 cm³/mol. The van der Waals surface area contributed by atoms with E-state index in [1.54, 1.807) is 18.5 Å². The number of nitrogens with zero attached hydrogens (tertiary/aromatic N) is 5. The molecule has 14 heavy (non-hydrogen) atoms. The van der Waals surface area contributed by atoms with Crippen LogP contribution >= 0.6 is 11.6 Å². The van der Waals surface area contributed by atoms with E-state index in [0.29, 0.717) is 5.95 Å². The molecule has 0 atom stereocenters. The summed E-state index contributed by atoms with van der Waals surface area (Å²) < 4.78 is 6.31. The van der Waals surface area contributed by atoms with Crippen LogP contribution in [0.5, 0.6) is 6.01 Å². The normalized spacial score (nSPS) is 10.1. The maximum absolute atomic E-state index is 5.66. The highest BCUT2D eigenvalue weighted by molar-refractivity contribution is 6.28. The van der Waals surface area contributed by atoms with Crippen LogP contribution in [0.25, 0.3) is 5.95 Å². The van der Waals surface area contributed by atoms with Gasteiger partial charge in [0.15, 0.2) is 0 Å². The number of methoxy groups -OCH3 is 1. The van der Waals surface area contributed by atoms with Crippen LogP contribution in [0.4, 0.5) is 0 Å². The summed E-state index contributed by atoms with van der Waals surface area (Å²) in [6, 6.07) is 1.92. The lowest BCUT2D eigenvalue weighted by molar-refractivity contribution is 0.376. The number of hydrogen-bond donors (Lipinski definition) is 0. The van der Waals surface area contributed by atoms with E-state index in [1.807, 2.05) is 0 Å². The minimum atomic E-state index is 0.0716. The Hall–Kier alpha value is -1.69. The topological polar surface area (TPSA) is 65.7 Å². The first-order valence-electron chi connectivity index (χ1n) is 3.75. The molecule has 0 fully saturated rings. The lowest BCUT2D eigenvalue weighted by atomic mass is 10.7. The van der Waals surface area contributed by atoms with Gasteiger partial charge in [-0.25, -0.2) is 4.68 Å². The van der Waals surface area contributed by atoms with E-state index in [1.165, 1.54) is 11.8 Å². The maximum atomic E-state index is 5.66. The Labute approximate surface area is 84.5 Å². The molecule has 0 spiro atoms. The molecule has 0 radical (unpaired) electrons. The van der Waals surface area contributed by atoms with Crippen molar-refractivity contribution in [1.29, 1.82) is 0 Å². The molecule has 2 aromatic rings.